The lowest BCUT2D eigenvalue weighted by Gasteiger charge is -2.10. The van der Waals surface area contributed by atoms with Crippen LogP contribution in [0.3, 0.4) is 0 Å². The van der Waals surface area contributed by atoms with Gasteiger partial charge in [-0.25, -0.2) is 9.97 Å². The van der Waals surface area contributed by atoms with Crippen molar-refractivity contribution >= 4 is 11.6 Å². The molecule has 2 aromatic carbocycles. The Labute approximate surface area is 149 Å². The zero-order valence-corrected chi connectivity index (χ0v) is 14.6. The highest BCUT2D eigenvalue weighted by molar-refractivity contribution is 5.47. The molecule has 0 bridgehead atoms. The molecule has 3 aromatic rings. The summed E-state index contributed by atoms with van der Waals surface area (Å²) in [5.41, 5.74) is 3.93. The zero-order chi connectivity index (χ0) is 17.3. The van der Waals surface area contributed by atoms with E-state index in [-0.39, 0.29) is 0 Å². The number of aromatic nitrogens is 2. The fourth-order valence-corrected chi connectivity index (χ4v) is 2.70. The van der Waals surface area contributed by atoms with E-state index in [9.17, 15) is 0 Å². The monoisotopic (exact) mass is 332 g/mol. The van der Waals surface area contributed by atoms with Gasteiger partial charge in [0.25, 0.3) is 0 Å². The molecule has 4 nitrogen and oxygen atoms in total. The Bertz CT molecular complexity index is 787. The smallest absolute Gasteiger partial charge is 0.131 e. The highest BCUT2D eigenvalue weighted by atomic mass is 15.1. The molecule has 25 heavy (non-hydrogen) atoms. The number of hydrogen-bond donors (Lipinski definition) is 2. The van der Waals surface area contributed by atoms with Crippen molar-refractivity contribution in [2.45, 2.75) is 26.3 Å². The zero-order valence-electron chi connectivity index (χ0n) is 14.6. The van der Waals surface area contributed by atoms with Crippen LogP contribution in [0.15, 0.2) is 67.0 Å². The lowest BCUT2D eigenvalue weighted by atomic mass is 10.1. The first kappa shape index (κ1) is 17.0. The maximum absolute atomic E-state index is 4.30. The normalized spacial score (nSPS) is 10.4. The topological polar surface area (TPSA) is 49.8 Å². The van der Waals surface area contributed by atoms with E-state index < -0.39 is 0 Å². The van der Waals surface area contributed by atoms with Crippen LogP contribution in [0.25, 0.3) is 0 Å². The molecule has 0 radical (unpaired) electrons. The Morgan fingerprint density at radius 3 is 2.36 bits per heavy atom. The van der Waals surface area contributed by atoms with Crippen LogP contribution in [0, 0.1) is 6.92 Å². The first-order chi connectivity index (χ1) is 12.3. The SMILES string of the molecule is Cc1ccccc1CNc1cc(NCCCc2ccccc2)ncn1. The molecule has 0 unspecified atom stereocenters. The summed E-state index contributed by atoms with van der Waals surface area (Å²) < 4.78 is 0. The molecule has 0 aliphatic carbocycles. The summed E-state index contributed by atoms with van der Waals surface area (Å²) in [5.74, 6) is 1.69. The molecule has 0 aliphatic rings. The van der Waals surface area contributed by atoms with Crippen molar-refractivity contribution in [2.24, 2.45) is 0 Å². The lowest BCUT2D eigenvalue weighted by molar-refractivity contribution is 0.858. The van der Waals surface area contributed by atoms with Gasteiger partial charge in [-0.05, 0) is 36.5 Å². The van der Waals surface area contributed by atoms with E-state index in [0.717, 1.165) is 37.6 Å². The Morgan fingerprint density at radius 2 is 1.56 bits per heavy atom. The lowest BCUT2D eigenvalue weighted by Crippen LogP contribution is -2.07. The third kappa shape index (κ3) is 5.31. The predicted octanol–water partition coefficient (Wildman–Crippen LogP) is 4.44. The van der Waals surface area contributed by atoms with E-state index in [1.54, 1.807) is 6.33 Å². The van der Waals surface area contributed by atoms with Gasteiger partial charge in [-0.2, -0.15) is 0 Å². The molecule has 2 N–H and O–H groups in total. The molecule has 0 spiro atoms. The maximum atomic E-state index is 4.30. The summed E-state index contributed by atoms with van der Waals surface area (Å²) in [6, 6.07) is 20.9. The summed E-state index contributed by atoms with van der Waals surface area (Å²) in [5, 5.41) is 6.74. The van der Waals surface area contributed by atoms with Crippen molar-refractivity contribution in [3.8, 4) is 0 Å². The standard InChI is InChI=1S/C21H24N4/c1-17-8-5-6-12-19(17)15-23-21-14-20(24-16-25-21)22-13-7-11-18-9-3-2-4-10-18/h2-6,8-10,12,14,16H,7,11,13,15H2,1H3,(H2,22,23,24,25). The number of nitrogens with zero attached hydrogens (tertiary/aromatic N) is 2. The van der Waals surface area contributed by atoms with Crippen LogP contribution in [0.5, 0.6) is 0 Å². The average molecular weight is 332 g/mol. The second-order valence-corrected chi connectivity index (χ2v) is 6.08. The number of anilines is 2. The molecule has 0 aliphatic heterocycles. The van der Waals surface area contributed by atoms with Crippen LogP contribution in [-0.2, 0) is 13.0 Å². The van der Waals surface area contributed by atoms with Crippen molar-refractivity contribution in [3.05, 3.63) is 83.7 Å². The van der Waals surface area contributed by atoms with Crippen molar-refractivity contribution in [2.75, 3.05) is 17.2 Å². The van der Waals surface area contributed by atoms with Gasteiger partial charge in [-0.1, -0.05) is 54.6 Å². The molecule has 128 valence electrons. The molecular weight excluding hydrogens is 308 g/mol. The third-order valence-electron chi connectivity index (χ3n) is 4.18. The first-order valence-electron chi connectivity index (χ1n) is 8.69. The maximum Gasteiger partial charge on any atom is 0.131 e. The van der Waals surface area contributed by atoms with Gasteiger partial charge in [0.15, 0.2) is 0 Å². The summed E-state index contributed by atoms with van der Waals surface area (Å²) in [4.78, 5) is 8.59. The van der Waals surface area contributed by atoms with Crippen molar-refractivity contribution in [3.63, 3.8) is 0 Å². The minimum Gasteiger partial charge on any atom is -0.370 e. The third-order valence-corrected chi connectivity index (χ3v) is 4.18. The Balaban J connectivity index is 1.47. The quantitative estimate of drug-likeness (QED) is 0.599. The van der Waals surface area contributed by atoms with Crippen LogP contribution in [0.4, 0.5) is 11.6 Å². The van der Waals surface area contributed by atoms with Crippen LogP contribution < -0.4 is 10.6 Å². The number of rotatable bonds is 8. The second-order valence-electron chi connectivity index (χ2n) is 6.08. The van der Waals surface area contributed by atoms with Gasteiger partial charge >= 0.3 is 0 Å². The first-order valence-corrected chi connectivity index (χ1v) is 8.69. The van der Waals surface area contributed by atoms with Gasteiger partial charge in [0.05, 0.1) is 0 Å². The van der Waals surface area contributed by atoms with Crippen LogP contribution in [0.1, 0.15) is 23.1 Å². The summed E-state index contributed by atoms with van der Waals surface area (Å²) >= 11 is 0. The average Bonchev–Trinajstić information content (AvgIpc) is 2.66. The van der Waals surface area contributed by atoms with E-state index >= 15 is 0 Å². The number of hydrogen-bond acceptors (Lipinski definition) is 4. The largest absolute Gasteiger partial charge is 0.370 e. The van der Waals surface area contributed by atoms with Crippen molar-refractivity contribution in [1.29, 1.82) is 0 Å². The highest BCUT2D eigenvalue weighted by Gasteiger charge is 2.01. The van der Waals surface area contributed by atoms with Crippen molar-refractivity contribution < 1.29 is 0 Å². The van der Waals surface area contributed by atoms with E-state index in [1.165, 1.54) is 16.7 Å². The number of nitrogens with one attached hydrogen (secondary N) is 2. The molecule has 0 saturated carbocycles. The highest BCUT2D eigenvalue weighted by Crippen LogP contribution is 2.13. The molecule has 0 atom stereocenters. The molecule has 1 heterocycles. The van der Waals surface area contributed by atoms with Crippen molar-refractivity contribution in [1.82, 2.24) is 9.97 Å². The number of aryl methyl sites for hydroxylation is 2. The summed E-state index contributed by atoms with van der Waals surface area (Å²) in [6.45, 7) is 3.77. The molecule has 3 rings (SSSR count). The van der Waals surface area contributed by atoms with Gasteiger partial charge < -0.3 is 10.6 Å². The van der Waals surface area contributed by atoms with Crippen LogP contribution in [-0.4, -0.2) is 16.5 Å². The molecule has 0 amide bonds. The summed E-state index contributed by atoms with van der Waals surface area (Å²) in [7, 11) is 0. The Hall–Kier alpha value is -2.88. The van der Waals surface area contributed by atoms with E-state index in [0.29, 0.717) is 0 Å². The van der Waals surface area contributed by atoms with Crippen LogP contribution >= 0.6 is 0 Å². The van der Waals surface area contributed by atoms with Gasteiger partial charge in [-0.15, -0.1) is 0 Å². The van der Waals surface area contributed by atoms with Gasteiger partial charge in [0.2, 0.25) is 0 Å². The molecular formula is C21H24N4. The fourth-order valence-electron chi connectivity index (χ4n) is 2.70. The molecule has 1 aromatic heterocycles. The predicted molar refractivity (Wildman–Crippen MR) is 104 cm³/mol. The Morgan fingerprint density at radius 1 is 0.840 bits per heavy atom. The minimum atomic E-state index is 0.761. The van der Waals surface area contributed by atoms with Gasteiger partial charge in [-0.3, -0.25) is 0 Å². The molecule has 0 fully saturated rings. The summed E-state index contributed by atoms with van der Waals surface area (Å²) in [6.07, 6.45) is 3.73. The fraction of sp³-hybridized carbons (Fsp3) is 0.238. The second kappa shape index (κ2) is 8.83. The van der Waals surface area contributed by atoms with E-state index in [1.807, 2.05) is 12.1 Å². The minimum absolute atomic E-state index is 0.761. The Kier molecular flexibility index (Phi) is 5.99. The van der Waals surface area contributed by atoms with E-state index in [2.05, 4.69) is 76.1 Å². The van der Waals surface area contributed by atoms with Gasteiger partial charge in [0, 0.05) is 19.2 Å². The van der Waals surface area contributed by atoms with E-state index in [4.69, 9.17) is 0 Å². The van der Waals surface area contributed by atoms with Crippen LogP contribution in [0.2, 0.25) is 0 Å². The number of benzene rings is 2. The molecule has 0 saturated heterocycles. The van der Waals surface area contributed by atoms with Gasteiger partial charge in [0.1, 0.15) is 18.0 Å². The molecule has 4 heteroatoms.